The minimum absolute atomic E-state index is 0.242. The molecule has 3 amide bonds. The number of anilines is 2. The van der Waals surface area contributed by atoms with E-state index in [0.717, 1.165) is 11.8 Å². The first kappa shape index (κ1) is 23.1. The van der Waals surface area contributed by atoms with Crippen molar-refractivity contribution in [1.82, 2.24) is 4.90 Å². The molecule has 2 aliphatic rings. The number of carbonyl (C=O) groups excluding carboxylic acids is 3. The van der Waals surface area contributed by atoms with E-state index in [9.17, 15) is 18.8 Å². The van der Waals surface area contributed by atoms with Crippen LogP contribution in [-0.4, -0.2) is 53.7 Å². The van der Waals surface area contributed by atoms with Crippen molar-refractivity contribution in [1.29, 1.82) is 0 Å². The van der Waals surface area contributed by atoms with Gasteiger partial charge in [-0.2, -0.15) is 0 Å². The lowest BCUT2D eigenvalue weighted by Gasteiger charge is -2.17. The lowest BCUT2D eigenvalue weighted by Crippen LogP contribution is -2.35. The summed E-state index contributed by atoms with van der Waals surface area (Å²) in [6, 6.07) is 12.4. The molecule has 2 aromatic rings. The first-order valence-electron chi connectivity index (χ1n) is 10.1. The third-order valence-corrected chi connectivity index (χ3v) is 6.61. The molecule has 0 unspecified atom stereocenters. The highest BCUT2D eigenvalue weighted by Gasteiger charge is 2.42. The number of rotatable bonds is 7. The Morgan fingerprint density at radius 2 is 1.82 bits per heavy atom. The molecule has 0 saturated carbocycles. The van der Waals surface area contributed by atoms with Crippen LogP contribution in [0.25, 0.3) is 5.57 Å². The molecular formula is C23H20FN3O4S2. The van der Waals surface area contributed by atoms with Crippen molar-refractivity contribution in [2.45, 2.75) is 6.42 Å². The largest absolute Gasteiger partial charge is 0.385 e. The smallest absolute Gasteiger partial charge is 0.267 e. The highest BCUT2D eigenvalue weighted by Crippen LogP contribution is 2.44. The SMILES string of the molecule is COCCCN1C(=O)C(=C2C(=O)N(CC(=O)Nc3ccc(F)cc3)c3ccccc32)SC1=S. The zero-order valence-corrected chi connectivity index (χ0v) is 19.3. The van der Waals surface area contributed by atoms with Crippen molar-refractivity contribution < 1.29 is 23.5 Å². The van der Waals surface area contributed by atoms with Gasteiger partial charge in [0.05, 0.1) is 16.2 Å². The minimum Gasteiger partial charge on any atom is -0.385 e. The Hall–Kier alpha value is -3.08. The van der Waals surface area contributed by atoms with Crippen LogP contribution in [-0.2, 0) is 19.1 Å². The molecular weight excluding hydrogens is 465 g/mol. The van der Waals surface area contributed by atoms with Gasteiger partial charge in [-0.25, -0.2) is 4.39 Å². The summed E-state index contributed by atoms with van der Waals surface area (Å²) < 4.78 is 18.5. The van der Waals surface area contributed by atoms with E-state index in [0.29, 0.717) is 40.8 Å². The summed E-state index contributed by atoms with van der Waals surface area (Å²) in [6.45, 7) is 0.626. The fourth-order valence-corrected chi connectivity index (χ4v) is 5.02. The molecule has 0 bridgehead atoms. The van der Waals surface area contributed by atoms with Gasteiger partial charge in [0.1, 0.15) is 16.7 Å². The van der Waals surface area contributed by atoms with Crippen LogP contribution in [0, 0.1) is 5.82 Å². The second kappa shape index (κ2) is 9.82. The van der Waals surface area contributed by atoms with E-state index in [1.54, 1.807) is 31.4 Å². The second-order valence-electron chi connectivity index (χ2n) is 7.34. The number of hydrogen-bond acceptors (Lipinski definition) is 6. The molecule has 1 N–H and O–H groups in total. The topological polar surface area (TPSA) is 79.0 Å². The summed E-state index contributed by atoms with van der Waals surface area (Å²) in [5.74, 6) is -1.63. The maximum absolute atomic E-state index is 13.4. The van der Waals surface area contributed by atoms with Crippen LogP contribution < -0.4 is 10.2 Å². The molecule has 4 rings (SSSR count). The molecule has 0 aliphatic carbocycles. The van der Waals surface area contributed by atoms with E-state index < -0.39 is 17.6 Å². The van der Waals surface area contributed by atoms with Gasteiger partial charge in [-0.05, 0) is 36.8 Å². The standard InChI is InChI=1S/C23H20FN3O4S2/c1-31-12-4-11-26-22(30)20(33-23(26)32)19-16-5-2-3-6-17(16)27(21(19)29)13-18(28)25-15-9-7-14(24)8-10-15/h2-3,5-10H,4,11-13H2,1H3,(H,25,28). The number of benzene rings is 2. The minimum atomic E-state index is -0.446. The van der Waals surface area contributed by atoms with E-state index >= 15 is 0 Å². The maximum Gasteiger partial charge on any atom is 0.267 e. The summed E-state index contributed by atoms with van der Waals surface area (Å²) in [5, 5.41) is 2.65. The highest BCUT2D eigenvalue weighted by atomic mass is 32.2. The number of carbonyl (C=O) groups is 3. The second-order valence-corrected chi connectivity index (χ2v) is 8.98. The number of thioether (sulfide) groups is 1. The van der Waals surface area contributed by atoms with Crippen LogP contribution in [0.1, 0.15) is 12.0 Å². The average molecular weight is 486 g/mol. The molecule has 0 radical (unpaired) electrons. The van der Waals surface area contributed by atoms with E-state index in [2.05, 4.69) is 5.32 Å². The van der Waals surface area contributed by atoms with Crippen LogP contribution in [0.15, 0.2) is 53.4 Å². The lowest BCUT2D eigenvalue weighted by atomic mass is 10.1. The summed E-state index contributed by atoms with van der Waals surface area (Å²) in [7, 11) is 1.58. The first-order chi connectivity index (χ1) is 15.9. The fraction of sp³-hybridized carbons (Fsp3) is 0.217. The van der Waals surface area contributed by atoms with Crippen molar-refractivity contribution in [2.24, 2.45) is 0 Å². The fourth-order valence-electron chi connectivity index (χ4n) is 3.64. The van der Waals surface area contributed by atoms with E-state index in [-0.39, 0.29) is 22.9 Å². The van der Waals surface area contributed by atoms with Crippen LogP contribution in [0.4, 0.5) is 15.8 Å². The Morgan fingerprint density at radius 1 is 1.09 bits per heavy atom. The Labute approximate surface area is 199 Å². The molecule has 33 heavy (non-hydrogen) atoms. The van der Waals surface area contributed by atoms with Gasteiger partial charge in [0.15, 0.2) is 0 Å². The van der Waals surface area contributed by atoms with Crippen LogP contribution in [0.2, 0.25) is 0 Å². The molecule has 1 fully saturated rings. The van der Waals surface area contributed by atoms with E-state index in [1.165, 1.54) is 34.1 Å². The molecule has 0 atom stereocenters. The van der Waals surface area contributed by atoms with Crippen molar-refractivity contribution in [2.75, 3.05) is 37.0 Å². The summed E-state index contributed by atoms with van der Waals surface area (Å²) in [5.41, 5.74) is 1.77. The van der Waals surface area contributed by atoms with Crippen LogP contribution in [0.5, 0.6) is 0 Å². The van der Waals surface area contributed by atoms with Crippen LogP contribution in [0.3, 0.4) is 0 Å². The number of nitrogens with one attached hydrogen (secondary N) is 1. The molecule has 7 nitrogen and oxygen atoms in total. The number of hydrogen-bond donors (Lipinski definition) is 1. The van der Waals surface area contributed by atoms with Crippen molar-refractivity contribution in [3.05, 3.63) is 64.8 Å². The quantitative estimate of drug-likeness (QED) is 0.368. The first-order valence-corrected chi connectivity index (χ1v) is 11.4. The van der Waals surface area contributed by atoms with Gasteiger partial charge >= 0.3 is 0 Å². The number of amides is 3. The number of methoxy groups -OCH3 is 1. The third kappa shape index (κ3) is 4.68. The van der Waals surface area contributed by atoms with Gasteiger partial charge in [0.2, 0.25) is 5.91 Å². The number of halogens is 1. The Bertz CT molecular complexity index is 1170. The molecule has 2 aromatic carbocycles. The number of nitrogens with zero attached hydrogens (tertiary/aromatic N) is 2. The molecule has 2 heterocycles. The van der Waals surface area contributed by atoms with Gasteiger partial charge in [-0.1, -0.05) is 42.2 Å². The van der Waals surface area contributed by atoms with Gasteiger partial charge in [-0.3, -0.25) is 24.2 Å². The molecule has 0 aromatic heterocycles. The lowest BCUT2D eigenvalue weighted by molar-refractivity contribution is -0.122. The predicted octanol–water partition coefficient (Wildman–Crippen LogP) is 3.42. The van der Waals surface area contributed by atoms with Gasteiger partial charge in [0, 0.05) is 31.5 Å². The van der Waals surface area contributed by atoms with Crippen LogP contribution >= 0.6 is 24.0 Å². The van der Waals surface area contributed by atoms with Gasteiger partial charge < -0.3 is 10.1 Å². The molecule has 170 valence electrons. The summed E-state index contributed by atoms with van der Waals surface area (Å²) in [4.78, 5) is 42.2. The molecule has 1 saturated heterocycles. The summed E-state index contributed by atoms with van der Waals surface area (Å²) >= 11 is 6.47. The number of para-hydroxylation sites is 1. The molecule has 2 aliphatic heterocycles. The summed E-state index contributed by atoms with van der Waals surface area (Å²) in [6.07, 6.45) is 0.617. The van der Waals surface area contributed by atoms with Crippen molar-refractivity contribution in [3.63, 3.8) is 0 Å². The normalized spacial score (nSPS) is 17.7. The zero-order chi connectivity index (χ0) is 23.5. The highest BCUT2D eigenvalue weighted by molar-refractivity contribution is 8.26. The van der Waals surface area contributed by atoms with Crippen molar-refractivity contribution >= 4 is 63.0 Å². The third-order valence-electron chi connectivity index (χ3n) is 5.16. The van der Waals surface area contributed by atoms with Gasteiger partial charge in [0.25, 0.3) is 11.8 Å². The van der Waals surface area contributed by atoms with Gasteiger partial charge in [-0.15, -0.1) is 0 Å². The number of fused-ring (bicyclic) bond motifs is 1. The predicted molar refractivity (Wildman–Crippen MR) is 129 cm³/mol. The Balaban J connectivity index is 1.59. The maximum atomic E-state index is 13.4. The molecule has 0 spiro atoms. The van der Waals surface area contributed by atoms with E-state index in [1.807, 2.05) is 0 Å². The number of ether oxygens (including phenoxy) is 1. The molecule has 10 heteroatoms. The average Bonchev–Trinajstić information content (AvgIpc) is 3.23. The Morgan fingerprint density at radius 3 is 2.55 bits per heavy atom. The number of thiocarbonyl (C=S) groups is 1. The van der Waals surface area contributed by atoms with E-state index in [4.69, 9.17) is 17.0 Å². The van der Waals surface area contributed by atoms with Crippen molar-refractivity contribution in [3.8, 4) is 0 Å². The Kier molecular flexibility index (Phi) is 6.87. The monoisotopic (exact) mass is 485 g/mol. The zero-order valence-electron chi connectivity index (χ0n) is 17.7.